The molecule has 0 aliphatic carbocycles. The Morgan fingerprint density at radius 3 is 2.17 bits per heavy atom. The third-order valence-electron chi connectivity index (χ3n) is 3.62. The van der Waals surface area contributed by atoms with E-state index in [0.717, 1.165) is 17.9 Å². The quantitative estimate of drug-likeness (QED) is 0.759. The van der Waals surface area contributed by atoms with Crippen molar-refractivity contribution in [3.8, 4) is 0 Å². The van der Waals surface area contributed by atoms with Crippen molar-refractivity contribution in [3.63, 3.8) is 0 Å². The Kier molecular flexibility index (Phi) is 4.87. The standard InChI is InChI=1S/C20H19N3O/c1-16(24)22-20-13-12-19(14-21-20)23(18-10-6-3-7-11-18)15-17-8-4-2-5-9-17/h2-14H,15H2,1H3,(H,21,22,24). The van der Waals surface area contributed by atoms with Crippen LogP contribution in [0, 0.1) is 0 Å². The van der Waals surface area contributed by atoms with Gasteiger partial charge < -0.3 is 10.2 Å². The van der Waals surface area contributed by atoms with Gasteiger partial charge in [-0.25, -0.2) is 4.98 Å². The minimum atomic E-state index is -0.126. The van der Waals surface area contributed by atoms with Crippen molar-refractivity contribution in [1.82, 2.24) is 4.98 Å². The molecular formula is C20H19N3O. The summed E-state index contributed by atoms with van der Waals surface area (Å²) >= 11 is 0. The van der Waals surface area contributed by atoms with E-state index >= 15 is 0 Å². The van der Waals surface area contributed by atoms with Crippen LogP contribution in [0.15, 0.2) is 79.0 Å². The van der Waals surface area contributed by atoms with Gasteiger partial charge in [-0.1, -0.05) is 48.5 Å². The van der Waals surface area contributed by atoms with Gasteiger partial charge >= 0.3 is 0 Å². The maximum absolute atomic E-state index is 11.1. The summed E-state index contributed by atoms with van der Waals surface area (Å²) in [7, 11) is 0. The highest BCUT2D eigenvalue weighted by atomic mass is 16.1. The molecule has 4 nitrogen and oxygen atoms in total. The van der Waals surface area contributed by atoms with Gasteiger partial charge in [0.2, 0.25) is 5.91 Å². The lowest BCUT2D eigenvalue weighted by Gasteiger charge is -2.25. The summed E-state index contributed by atoms with van der Waals surface area (Å²) in [5.41, 5.74) is 3.28. The number of anilines is 3. The first-order chi connectivity index (χ1) is 11.7. The van der Waals surface area contributed by atoms with E-state index in [9.17, 15) is 4.79 Å². The molecule has 1 amide bonds. The van der Waals surface area contributed by atoms with Crippen molar-refractivity contribution >= 4 is 23.1 Å². The fraction of sp³-hybridized carbons (Fsp3) is 0.100. The monoisotopic (exact) mass is 317 g/mol. The number of rotatable bonds is 5. The molecule has 3 aromatic rings. The lowest BCUT2D eigenvalue weighted by molar-refractivity contribution is -0.114. The molecule has 2 aromatic carbocycles. The Hall–Kier alpha value is -3.14. The zero-order valence-electron chi connectivity index (χ0n) is 13.5. The number of hydrogen-bond acceptors (Lipinski definition) is 3. The summed E-state index contributed by atoms with van der Waals surface area (Å²) in [6.45, 7) is 2.22. The first-order valence-corrected chi connectivity index (χ1v) is 7.82. The Morgan fingerprint density at radius 1 is 0.917 bits per heavy atom. The van der Waals surface area contributed by atoms with Crippen LogP contribution >= 0.6 is 0 Å². The third-order valence-corrected chi connectivity index (χ3v) is 3.62. The number of pyridine rings is 1. The molecule has 0 unspecified atom stereocenters. The van der Waals surface area contributed by atoms with Crippen LogP contribution in [0.25, 0.3) is 0 Å². The lowest BCUT2D eigenvalue weighted by Crippen LogP contribution is -2.17. The number of carbonyl (C=O) groups excluding carboxylic acids is 1. The number of nitrogens with zero attached hydrogens (tertiary/aromatic N) is 2. The van der Waals surface area contributed by atoms with E-state index in [0.29, 0.717) is 5.82 Å². The molecule has 0 fully saturated rings. The van der Waals surface area contributed by atoms with Gasteiger partial charge in [0, 0.05) is 19.2 Å². The summed E-state index contributed by atoms with van der Waals surface area (Å²) in [5, 5.41) is 2.69. The summed E-state index contributed by atoms with van der Waals surface area (Å²) in [5.74, 6) is 0.429. The SMILES string of the molecule is CC(=O)Nc1ccc(N(Cc2ccccc2)c2ccccc2)cn1. The highest BCUT2D eigenvalue weighted by Crippen LogP contribution is 2.27. The van der Waals surface area contributed by atoms with Crippen LogP contribution in [0.5, 0.6) is 0 Å². The Bertz CT molecular complexity index is 786. The minimum absolute atomic E-state index is 0.126. The van der Waals surface area contributed by atoms with Crippen LogP contribution in [-0.2, 0) is 11.3 Å². The third kappa shape index (κ3) is 3.98. The zero-order chi connectivity index (χ0) is 16.8. The Balaban J connectivity index is 1.91. The van der Waals surface area contributed by atoms with E-state index in [1.54, 1.807) is 6.20 Å². The van der Waals surface area contributed by atoms with E-state index < -0.39 is 0 Å². The summed E-state index contributed by atoms with van der Waals surface area (Å²) < 4.78 is 0. The average Bonchev–Trinajstić information content (AvgIpc) is 2.62. The molecule has 0 aliphatic rings. The van der Waals surface area contributed by atoms with Crippen LogP contribution in [0.2, 0.25) is 0 Å². The van der Waals surface area contributed by atoms with Crippen molar-refractivity contribution in [1.29, 1.82) is 0 Å². The molecule has 4 heteroatoms. The molecule has 0 aliphatic heterocycles. The smallest absolute Gasteiger partial charge is 0.222 e. The molecule has 1 aromatic heterocycles. The normalized spacial score (nSPS) is 10.2. The molecule has 0 saturated heterocycles. The molecule has 1 N–H and O–H groups in total. The highest BCUT2D eigenvalue weighted by molar-refractivity contribution is 5.87. The second kappa shape index (κ2) is 7.42. The van der Waals surface area contributed by atoms with Gasteiger partial charge in [-0.15, -0.1) is 0 Å². The van der Waals surface area contributed by atoms with E-state index in [1.165, 1.54) is 12.5 Å². The van der Waals surface area contributed by atoms with Crippen molar-refractivity contribution in [2.45, 2.75) is 13.5 Å². The Morgan fingerprint density at radius 2 is 1.58 bits per heavy atom. The second-order valence-electron chi connectivity index (χ2n) is 5.49. The molecule has 0 saturated carbocycles. The number of carbonyl (C=O) groups is 1. The van der Waals surface area contributed by atoms with E-state index in [4.69, 9.17) is 0 Å². The number of para-hydroxylation sites is 1. The van der Waals surface area contributed by atoms with Crippen LogP contribution < -0.4 is 10.2 Å². The van der Waals surface area contributed by atoms with E-state index in [2.05, 4.69) is 39.5 Å². The molecule has 0 atom stereocenters. The Labute approximate surface area is 141 Å². The largest absolute Gasteiger partial charge is 0.336 e. The summed E-state index contributed by atoms with van der Waals surface area (Å²) in [4.78, 5) is 17.7. The molecule has 1 heterocycles. The van der Waals surface area contributed by atoms with Gasteiger partial charge in [-0.05, 0) is 29.8 Å². The van der Waals surface area contributed by atoms with Crippen molar-refractivity contribution in [2.75, 3.05) is 10.2 Å². The molecule has 0 radical (unpaired) electrons. The van der Waals surface area contributed by atoms with Gasteiger partial charge in [0.1, 0.15) is 5.82 Å². The minimum Gasteiger partial charge on any atom is -0.336 e. The predicted molar refractivity (Wildman–Crippen MR) is 97.3 cm³/mol. The fourth-order valence-corrected chi connectivity index (χ4v) is 2.51. The van der Waals surface area contributed by atoms with Gasteiger partial charge in [-0.2, -0.15) is 0 Å². The zero-order valence-corrected chi connectivity index (χ0v) is 13.5. The topological polar surface area (TPSA) is 45.2 Å². The molecule has 0 spiro atoms. The lowest BCUT2D eigenvalue weighted by atomic mass is 10.2. The number of amides is 1. The van der Waals surface area contributed by atoms with Crippen LogP contribution in [0.3, 0.4) is 0 Å². The van der Waals surface area contributed by atoms with Crippen molar-refractivity contribution in [3.05, 3.63) is 84.6 Å². The molecule has 120 valence electrons. The van der Waals surface area contributed by atoms with Crippen molar-refractivity contribution in [2.24, 2.45) is 0 Å². The second-order valence-corrected chi connectivity index (χ2v) is 5.49. The average molecular weight is 317 g/mol. The van der Waals surface area contributed by atoms with Crippen LogP contribution in [0.1, 0.15) is 12.5 Å². The first-order valence-electron chi connectivity index (χ1n) is 7.82. The number of benzene rings is 2. The highest BCUT2D eigenvalue weighted by Gasteiger charge is 2.10. The van der Waals surface area contributed by atoms with Gasteiger partial charge in [0.15, 0.2) is 0 Å². The van der Waals surface area contributed by atoms with Crippen LogP contribution in [0.4, 0.5) is 17.2 Å². The maximum Gasteiger partial charge on any atom is 0.222 e. The maximum atomic E-state index is 11.1. The van der Waals surface area contributed by atoms with Gasteiger partial charge in [-0.3, -0.25) is 4.79 Å². The number of aromatic nitrogens is 1. The van der Waals surface area contributed by atoms with E-state index in [-0.39, 0.29) is 5.91 Å². The summed E-state index contributed by atoms with van der Waals surface area (Å²) in [6.07, 6.45) is 1.78. The van der Waals surface area contributed by atoms with Crippen molar-refractivity contribution < 1.29 is 4.79 Å². The van der Waals surface area contributed by atoms with Crippen LogP contribution in [-0.4, -0.2) is 10.9 Å². The predicted octanol–water partition coefficient (Wildman–Crippen LogP) is 4.38. The fourth-order valence-electron chi connectivity index (χ4n) is 2.51. The first kappa shape index (κ1) is 15.7. The summed E-state index contributed by atoms with van der Waals surface area (Å²) in [6, 6.07) is 24.3. The molecule has 0 bridgehead atoms. The molecule has 3 rings (SSSR count). The number of nitrogens with one attached hydrogen (secondary N) is 1. The number of hydrogen-bond donors (Lipinski definition) is 1. The van der Waals surface area contributed by atoms with Gasteiger partial charge in [0.25, 0.3) is 0 Å². The molecule has 24 heavy (non-hydrogen) atoms. The van der Waals surface area contributed by atoms with E-state index in [1.807, 2.05) is 48.5 Å². The van der Waals surface area contributed by atoms with Gasteiger partial charge in [0.05, 0.1) is 11.9 Å². The molecular weight excluding hydrogens is 298 g/mol.